The Morgan fingerprint density at radius 1 is 1.29 bits per heavy atom. The summed E-state index contributed by atoms with van der Waals surface area (Å²) >= 11 is 0. The van der Waals surface area contributed by atoms with Crippen LogP contribution in [0.4, 0.5) is 0 Å². The topological polar surface area (TPSA) is 112 Å². The number of hydrogen-bond donors (Lipinski definition) is 1. The van der Waals surface area contributed by atoms with Gasteiger partial charge in [0, 0.05) is 18.1 Å². The van der Waals surface area contributed by atoms with Crippen LogP contribution in [0, 0.1) is 0 Å². The quantitative estimate of drug-likeness (QED) is 0.873. The van der Waals surface area contributed by atoms with Crippen molar-refractivity contribution in [3.05, 3.63) is 17.5 Å². The molecule has 0 bridgehead atoms. The first-order valence-electron chi connectivity index (χ1n) is 7.97. The first-order valence-corrected chi connectivity index (χ1v) is 9.52. The molecule has 1 aliphatic rings. The summed E-state index contributed by atoms with van der Waals surface area (Å²) in [5.41, 5.74) is 5.86. The van der Waals surface area contributed by atoms with Crippen LogP contribution >= 0.6 is 0 Å². The molecule has 1 saturated heterocycles. The van der Waals surface area contributed by atoms with E-state index >= 15 is 0 Å². The molecule has 8 heteroatoms. The molecule has 1 amide bonds. The number of ether oxygens (including phenoxy) is 1. The predicted octanol–water partition coefficient (Wildman–Crippen LogP) is 1.52. The molecule has 2 unspecified atom stereocenters. The number of hydrogen-bond acceptors (Lipinski definition) is 6. The number of rotatable bonds is 4. The molecule has 0 aromatic carbocycles. The van der Waals surface area contributed by atoms with Crippen molar-refractivity contribution in [2.24, 2.45) is 5.73 Å². The summed E-state index contributed by atoms with van der Waals surface area (Å²) in [6, 6.07) is 1.78. The third-order valence-electron chi connectivity index (χ3n) is 4.66. The molecule has 1 aromatic heterocycles. The molecule has 7 nitrogen and oxygen atoms in total. The summed E-state index contributed by atoms with van der Waals surface area (Å²) in [5.74, 6) is -0.903. The number of nitrogens with two attached hydrogens (primary N) is 1. The minimum Gasteiger partial charge on any atom is -0.381 e. The SMILES string of the molecule is CC(C)(C)c1cc(C2COCCC2S(=O)(=O)C(C)(C)C(N)=O)on1. The lowest BCUT2D eigenvalue weighted by Gasteiger charge is -2.34. The second-order valence-corrected chi connectivity index (χ2v) is 10.5. The van der Waals surface area contributed by atoms with Crippen molar-refractivity contribution in [1.29, 1.82) is 0 Å². The minimum atomic E-state index is -3.83. The molecule has 2 heterocycles. The van der Waals surface area contributed by atoms with E-state index in [9.17, 15) is 13.2 Å². The highest BCUT2D eigenvalue weighted by atomic mass is 32.2. The number of primary amides is 1. The molecule has 2 N–H and O–H groups in total. The summed E-state index contributed by atoms with van der Waals surface area (Å²) < 4.78 is 35.3. The Balaban J connectivity index is 2.42. The molecule has 2 rings (SSSR count). The lowest BCUT2D eigenvalue weighted by molar-refractivity contribution is -0.119. The molecule has 1 fully saturated rings. The van der Waals surface area contributed by atoms with Gasteiger partial charge in [-0.1, -0.05) is 25.9 Å². The summed E-state index contributed by atoms with van der Waals surface area (Å²) in [6.45, 7) is 9.20. The van der Waals surface area contributed by atoms with Crippen LogP contribution in [0.2, 0.25) is 0 Å². The third-order valence-corrected chi connectivity index (χ3v) is 7.64. The maximum Gasteiger partial charge on any atom is 0.238 e. The Morgan fingerprint density at radius 3 is 2.42 bits per heavy atom. The second-order valence-electron chi connectivity index (χ2n) is 7.79. The molecule has 24 heavy (non-hydrogen) atoms. The highest BCUT2D eigenvalue weighted by molar-refractivity contribution is 7.94. The Hall–Kier alpha value is -1.41. The van der Waals surface area contributed by atoms with Gasteiger partial charge in [-0.3, -0.25) is 4.79 Å². The molecule has 0 radical (unpaired) electrons. The highest BCUT2D eigenvalue weighted by Crippen LogP contribution is 2.37. The van der Waals surface area contributed by atoms with Crippen LogP contribution in [0.3, 0.4) is 0 Å². The molecule has 0 aliphatic carbocycles. The van der Waals surface area contributed by atoms with E-state index in [1.165, 1.54) is 13.8 Å². The van der Waals surface area contributed by atoms with Crippen molar-refractivity contribution in [1.82, 2.24) is 5.16 Å². The number of nitrogens with zero attached hydrogens (tertiary/aromatic N) is 1. The van der Waals surface area contributed by atoms with Crippen LogP contribution in [-0.2, 0) is 24.8 Å². The summed E-state index contributed by atoms with van der Waals surface area (Å²) in [7, 11) is -3.83. The van der Waals surface area contributed by atoms with Gasteiger partial charge in [0.2, 0.25) is 5.91 Å². The first-order chi connectivity index (χ1) is 10.9. The first kappa shape index (κ1) is 18.9. The van der Waals surface area contributed by atoms with Crippen LogP contribution < -0.4 is 5.73 Å². The highest BCUT2D eigenvalue weighted by Gasteiger charge is 2.50. The largest absolute Gasteiger partial charge is 0.381 e. The van der Waals surface area contributed by atoms with Gasteiger partial charge in [-0.2, -0.15) is 0 Å². The molecule has 1 aliphatic heterocycles. The van der Waals surface area contributed by atoms with Crippen molar-refractivity contribution >= 4 is 15.7 Å². The zero-order valence-electron chi connectivity index (χ0n) is 14.8. The Labute approximate surface area is 142 Å². The number of carbonyl (C=O) groups is 1. The van der Waals surface area contributed by atoms with Crippen molar-refractivity contribution < 1.29 is 22.5 Å². The van der Waals surface area contributed by atoms with E-state index < -0.39 is 31.7 Å². The minimum absolute atomic E-state index is 0.206. The van der Waals surface area contributed by atoms with E-state index in [4.69, 9.17) is 15.0 Å². The fraction of sp³-hybridized carbons (Fsp3) is 0.750. The van der Waals surface area contributed by atoms with Gasteiger partial charge in [-0.05, 0) is 20.3 Å². The van der Waals surface area contributed by atoms with E-state index in [-0.39, 0.29) is 18.4 Å². The predicted molar refractivity (Wildman–Crippen MR) is 89.4 cm³/mol. The van der Waals surface area contributed by atoms with E-state index in [1.54, 1.807) is 6.07 Å². The average Bonchev–Trinajstić information content (AvgIpc) is 2.96. The van der Waals surface area contributed by atoms with Gasteiger partial charge in [0.15, 0.2) is 9.84 Å². The normalized spacial score (nSPS) is 23.2. The number of amides is 1. The van der Waals surface area contributed by atoms with Gasteiger partial charge in [-0.25, -0.2) is 8.42 Å². The Bertz CT molecular complexity index is 715. The molecular formula is C16H26N2O5S. The van der Waals surface area contributed by atoms with E-state index in [0.717, 1.165) is 5.69 Å². The van der Waals surface area contributed by atoms with Crippen molar-refractivity contribution in [3.63, 3.8) is 0 Å². The smallest absolute Gasteiger partial charge is 0.238 e. The molecule has 2 atom stereocenters. The number of sulfone groups is 1. The number of aromatic nitrogens is 1. The zero-order valence-corrected chi connectivity index (χ0v) is 15.6. The molecule has 0 saturated carbocycles. The number of carbonyl (C=O) groups excluding carboxylic acids is 1. The summed E-state index contributed by atoms with van der Waals surface area (Å²) in [5, 5.41) is 3.26. The van der Waals surface area contributed by atoms with Crippen molar-refractivity contribution in [2.75, 3.05) is 13.2 Å². The fourth-order valence-corrected chi connectivity index (χ4v) is 4.78. The van der Waals surface area contributed by atoms with Crippen LogP contribution in [0.1, 0.15) is 58.4 Å². The van der Waals surface area contributed by atoms with Crippen LogP contribution in [-0.4, -0.2) is 42.7 Å². The van der Waals surface area contributed by atoms with Crippen LogP contribution in [0.25, 0.3) is 0 Å². The molecular weight excluding hydrogens is 332 g/mol. The van der Waals surface area contributed by atoms with E-state index in [2.05, 4.69) is 5.16 Å². The van der Waals surface area contributed by atoms with Gasteiger partial charge in [0.05, 0.1) is 23.5 Å². The lowest BCUT2D eigenvalue weighted by Crippen LogP contribution is -2.52. The van der Waals surface area contributed by atoms with Gasteiger partial charge in [0.25, 0.3) is 0 Å². The maximum atomic E-state index is 13.0. The van der Waals surface area contributed by atoms with Crippen LogP contribution in [0.5, 0.6) is 0 Å². The molecule has 0 spiro atoms. The van der Waals surface area contributed by atoms with E-state index in [1.807, 2.05) is 20.8 Å². The lowest BCUT2D eigenvalue weighted by atomic mass is 9.90. The van der Waals surface area contributed by atoms with Gasteiger partial charge in [-0.15, -0.1) is 0 Å². The monoisotopic (exact) mass is 358 g/mol. The van der Waals surface area contributed by atoms with Crippen LogP contribution in [0.15, 0.2) is 10.6 Å². The maximum absolute atomic E-state index is 13.0. The van der Waals surface area contributed by atoms with E-state index in [0.29, 0.717) is 12.4 Å². The Kier molecular flexibility index (Phi) is 4.85. The standard InChI is InChI=1S/C16H26N2O5S/c1-15(2,3)13-8-11(23-18-13)10-9-22-7-6-12(10)24(20,21)16(4,5)14(17)19/h8,10,12H,6-7,9H2,1-5H3,(H2,17,19). The Morgan fingerprint density at radius 2 is 1.92 bits per heavy atom. The second kappa shape index (κ2) is 6.15. The van der Waals surface area contributed by atoms with Crippen molar-refractivity contribution in [2.45, 2.75) is 62.4 Å². The average molecular weight is 358 g/mol. The van der Waals surface area contributed by atoms with Gasteiger partial charge >= 0.3 is 0 Å². The van der Waals surface area contributed by atoms with Crippen molar-refractivity contribution in [3.8, 4) is 0 Å². The summed E-state index contributed by atoms with van der Waals surface area (Å²) in [4.78, 5) is 11.7. The van der Waals surface area contributed by atoms with Gasteiger partial charge in [0.1, 0.15) is 10.5 Å². The van der Waals surface area contributed by atoms with Gasteiger partial charge < -0.3 is 15.0 Å². The zero-order chi connectivity index (χ0) is 18.3. The summed E-state index contributed by atoms with van der Waals surface area (Å²) in [6.07, 6.45) is 0.287. The fourth-order valence-electron chi connectivity index (χ4n) is 2.69. The third kappa shape index (κ3) is 3.21. The molecule has 136 valence electrons. The molecule has 1 aromatic rings.